The fraction of sp³-hybridized carbons (Fsp3) is 0.385. The lowest BCUT2D eigenvalue weighted by atomic mass is 10.2. The summed E-state index contributed by atoms with van der Waals surface area (Å²) in [5, 5.41) is 4.62. The molecule has 0 aliphatic heterocycles. The van der Waals surface area contributed by atoms with Gasteiger partial charge in [-0.1, -0.05) is 49.3 Å². The van der Waals surface area contributed by atoms with Gasteiger partial charge in [0.25, 0.3) is 0 Å². The van der Waals surface area contributed by atoms with E-state index in [1.165, 1.54) is 0 Å². The van der Waals surface area contributed by atoms with Gasteiger partial charge in [0.2, 0.25) is 11.7 Å². The molecule has 0 N–H and O–H groups in total. The highest BCUT2D eigenvalue weighted by molar-refractivity contribution is 7.99. The number of rotatable bonds is 5. The topological polar surface area (TPSA) is 38.9 Å². The van der Waals surface area contributed by atoms with Crippen molar-refractivity contribution < 1.29 is 4.52 Å². The molecule has 0 amide bonds. The van der Waals surface area contributed by atoms with Crippen molar-refractivity contribution in [2.45, 2.75) is 31.3 Å². The lowest BCUT2D eigenvalue weighted by Crippen LogP contribution is -1.93. The van der Waals surface area contributed by atoms with Gasteiger partial charge >= 0.3 is 0 Å². The zero-order valence-corrected chi connectivity index (χ0v) is 10.9. The van der Waals surface area contributed by atoms with Crippen molar-refractivity contribution in [1.29, 1.82) is 0 Å². The number of aromatic nitrogens is 2. The third-order valence-electron chi connectivity index (χ3n) is 2.57. The van der Waals surface area contributed by atoms with E-state index in [9.17, 15) is 0 Å². The molecule has 1 atom stereocenters. The van der Waals surface area contributed by atoms with Crippen molar-refractivity contribution in [3.63, 3.8) is 0 Å². The minimum absolute atomic E-state index is 0.627. The van der Waals surface area contributed by atoms with Crippen molar-refractivity contribution in [3.05, 3.63) is 36.2 Å². The highest BCUT2D eigenvalue weighted by Crippen LogP contribution is 2.21. The Morgan fingerprint density at radius 3 is 2.76 bits per heavy atom. The first-order chi connectivity index (χ1) is 8.29. The largest absolute Gasteiger partial charge is 0.338 e. The van der Waals surface area contributed by atoms with Gasteiger partial charge in [0.1, 0.15) is 0 Å². The van der Waals surface area contributed by atoms with E-state index in [4.69, 9.17) is 4.52 Å². The summed E-state index contributed by atoms with van der Waals surface area (Å²) in [5.74, 6) is 2.16. The summed E-state index contributed by atoms with van der Waals surface area (Å²) in [5.41, 5.74) is 0.996. The number of nitrogens with zero attached hydrogens (tertiary/aromatic N) is 2. The Kier molecular flexibility index (Phi) is 4.20. The third kappa shape index (κ3) is 3.33. The molecule has 1 aromatic carbocycles. The van der Waals surface area contributed by atoms with Crippen LogP contribution < -0.4 is 0 Å². The van der Waals surface area contributed by atoms with Crippen LogP contribution in [0.1, 0.15) is 26.2 Å². The molecule has 0 unspecified atom stereocenters. The molecule has 0 radical (unpaired) electrons. The van der Waals surface area contributed by atoms with Gasteiger partial charge in [-0.25, -0.2) is 0 Å². The number of benzene rings is 1. The van der Waals surface area contributed by atoms with Gasteiger partial charge in [-0.2, -0.15) is 4.98 Å². The predicted molar refractivity (Wildman–Crippen MR) is 70.8 cm³/mol. The van der Waals surface area contributed by atoms with Gasteiger partial charge in [0.15, 0.2) is 0 Å². The minimum Gasteiger partial charge on any atom is -0.338 e. The van der Waals surface area contributed by atoms with E-state index in [1.807, 2.05) is 42.1 Å². The van der Waals surface area contributed by atoms with Crippen molar-refractivity contribution >= 4 is 11.8 Å². The molecule has 0 bridgehead atoms. The minimum atomic E-state index is 0.627. The Labute approximate surface area is 106 Å². The van der Waals surface area contributed by atoms with Crippen LogP contribution in [-0.4, -0.2) is 15.4 Å². The second kappa shape index (κ2) is 5.87. The Hall–Kier alpha value is -1.29. The van der Waals surface area contributed by atoms with Gasteiger partial charge in [0, 0.05) is 10.8 Å². The van der Waals surface area contributed by atoms with Gasteiger partial charge in [-0.05, 0) is 6.42 Å². The second-order valence-corrected chi connectivity index (χ2v) is 5.33. The smallest absolute Gasteiger partial charge is 0.236 e. The molecule has 2 rings (SSSR count). The predicted octanol–water partition coefficient (Wildman–Crippen LogP) is 3.77. The zero-order valence-electron chi connectivity index (χ0n) is 10.1. The molecule has 0 spiro atoms. The quantitative estimate of drug-likeness (QED) is 0.807. The normalized spacial score (nSPS) is 12.6. The Balaban J connectivity index is 2.01. The van der Waals surface area contributed by atoms with Crippen LogP contribution in [0.3, 0.4) is 0 Å². The van der Waals surface area contributed by atoms with Crippen molar-refractivity contribution in [3.8, 4) is 11.4 Å². The summed E-state index contributed by atoms with van der Waals surface area (Å²) in [6, 6.07) is 9.88. The Bertz CT molecular complexity index is 455. The first kappa shape index (κ1) is 12.2. The molecule has 4 heteroatoms. The number of thioether (sulfide) groups is 1. The first-order valence-electron chi connectivity index (χ1n) is 5.79. The van der Waals surface area contributed by atoms with Crippen molar-refractivity contribution in [1.82, 2.24) is 10.1 Å². The van der Waals surface area contributed by atoms with Crippen molar-refractivity contribution in [2.75, 3.05) is 0 Å². The summed E-state index contributed by atoms with van der Waals surface area (Å²) in [6.45, 7) is 4.39. The summed E-state index contributed by atoms with van der Waals surface area (Å²) in [7, 11) is 0. The van der Waals surface area contributed by atoms with Crippen LogP contribution in [0.2, 0.25) is 0 Å². The average molecular weight is 248 g/mol. The van der Waals surface area contributed by atoms with E-state index in [2.05, 4.69) is 24.0 Å². The monoisotopic (exact) mass is 248 g/mol. The summed E-state index contributed by atoms with van der Waals surface area (Å²) < 4.78 is 5.23. The maximum atomic E-state index is 5.23. The maximum Gasteiger partial charge on any atom is 0.236 e. The van der Waals surface area contributed by atoms with Crippen LogP contribution in [-0.2, 0) is 5.75 Å². The molecule has 0 saturated heterocycles. The van der Waals surface area contributed by atoms with Crippen LogP contribution in [0.4, 0.5) is 0 Å². The zero-order chi connectivity index (χ0) is 12.1. The first-order valence-corrected chi connectivity index (χ1v) is 6.84. The highest BCUT2D eigenvalue weighted by atomic mass is 32.2. The fourth-order valence-corrected chi connectivity index (χ4v) is 2.13. The van der Waals surface area contributed by atoms with Gasteiger partial charge in [0.05, 0.1) is 5.75 Å². The fourth-order valence-electron chi connectivity index (χ4n) is 1.35. The molecule has 1 aromatic heterocycles. The number of hydrogen-bond acceptors (Lipinski definition) is 4. The summed E-state index contributed by atoms with van der Waals surface area (Å²) in [4.78, 5) is 4.39. The standard InChI is InChI=1S/C13H16N2OS/c1-3-10(2)17-9-12-14-13(15-16-12)11-7-5-4-6-8-11/h4-8,10H,3,9H2,1-2H3/t10-/m0/s1. The molecule has 0 saturated carbocycles. The molecule has 3 nitrogen and oxygen atoms in total. The molecule has 0 aliphatic rings. The van der Waals surface area contributed by atoms with Gasteiger partial charge in [-0.3, -0.25) is 0 Å². The van der Waals surface area contributed by atoms with Crippen LogP contribution in [0.15, 0.2) is 34.9 Å². The van der Waals surface area contributed by atoms with E-state index in [0.717, 1.165) is 17.7 Å². The van der Waals surface area contributed by atoms with Crippen LogP contribution in [0.5, 0.6) is 0 Å². The molecule has 0 aliphatic carbocycles. The van der Waals surface area contributed by atoms with Gasteiger partial charge < -0.3 is 4.52 Å². The molecule has 1 heterocycles. The third-order valence-corrected chi connectivity index (χ3v) is 3.88. The summed E-state index contributed by atoms with van der Waals surface area (Å²) >= 11 is 1.84. The van der Waals surface area contributed by atoms with E-state index in [1.54, 1.807) is 0 Å². The molecule has 0 fully saturated rings. The SMILES string of the molecule is CC[C@H](C)SCc1nc(-c2ccccc2)no1. The molecular weight excluding hydrogens is 232 g/mol. The molecular formula is C13H16N2OS. The van der Waals surface area contributed by atoms with E-state index >= 15 is 0 Å². The second-order valence-electron chi connectivity index (χ2n) is 3.91. The molecule has 17 heavy (non-hydrogen) atoms. The van der Waals surface area contributed by atoms with Crippen molar-refractivity contribution in [2.24, 2.45) is 0 Å². The molecule has 2 aromatic rings. The maximum absolute atomic E-state index is 5.23. The number of hydrogen-bond donors (Lipinski definition) is 0. The van der Waals surface area contributed by atoms with Crippen LogP contribution in [0, 0.1) is 0 Å². The lowest BCUT2D eigenvalue weighted by molar-refractivity contribution is 0.391. The Morgan fingerprint density at radius 2 is 2.06 bits per heavy atom. The van der Waals surface area contributed by atoms with E-state index in [0.29, 0.717) is 17.0 Å². The van der Waals surface area contributed by atoms with Crippen LogP contribution in [0.25, 0.3) is 11.4 Å². The van der Waals surface area contributed by atoms with Crippen LogP contribution >= 0.6 is 11.8 Å². The average Bonchev–Trinajstić information content (AvgIpc) is 2.86. The lowest BCUT2D eigenvalue weighted by Gasteiger charge is -2.03. The highest BCUT2D eigenvalue weighted by Gasteiger charge is 2.09. The summed E-state index contributed by atoms with van der Waals surface area (Å²) in [6.07, 6.45) is 1.16. The molecule has 90 valence electrons. The van der Waals surface area contributed by atoms with Gasteiger partial charge in [-0.15, -0.1) is 11.8 Å². The van der Waals surface area contributed by atoms with E-state index < -0.39 is 0 Å². The van der Waals surface area contributed by atoms with E-state index in [-0.39, 0.29) is 0 Å². The Morgan fingerprint density at radius 1 is 1.29 bits per heavy atom.